The Morgan fingerprint density at radius 3 is 2.43 bits per heavy atom. The molecule has 3 rings (SSSR count). The summed E-state index contributed by atoms with van der Waals surface area (Å²) in [4.78, 5) is 21.9. The monoisotopic (exact) mass is 289 g/mol. The van der Waals surface area contributed by atoms with Gasteiger partial charge in [-0.05, 0) is 38.0 Å². The molecule has 2 fully saturated rings. The van der Waals surface area contributed by atoms with E-state index in [0.29, 0.717) is 17.1 Å². The van der Waals surface area contributed by atoms with Crippen molar-refractivity contribution in [3.8, 4) is 0 Å². The average molecular weight is 289 g/mol. The second-order valence-electron chi connectivity index (χ2n) is 6.52. The predicted octanol–water partition coefficient (Wildman–Crippen LogP) is 3.03. The van der Waals surface area contributed by atoms with Crippen molar-refractivity contribution in [2.45, 2.75) is 51.9 Å². The van der Waals surface area contributed by atoms with Crippen LogP contribution in [0.4, 0.5) is 5.95 Å². The van der Waals surface area contributed by atoms with E-state index in [1.54, 1.807) is 6.92 Å². The van der Waals surface area contributed by atoms with Crippen LogP contribution in [0.2, 0.25) is 0 Å². The molecule has 1 aliphatic carbocycles. The molecule has 1 N–H and O–H groups in total. The Balaban J connectivity index is 1.69. The van der Waals surface area contributed by atoms with Gasteiger partial charge in [0.05, 0.1) is 11.3 Å². The number of hydrogen-bond acceptors (Lipinski definition) is 4. The Bertz CT molecular complexity index is 528. The number of rotatable bonds is 2. The van der Waals surface area contributed by atoms with Crippen LogP contribution in [0.25, 0.3) is 0 Å². The van der Waals surface area contributed by atoms with Gasteiger partial charge < -0.3 is 10.0 Å². The average Bonchev–Trinajstić information content (AvgIpc) is 2.48. The van der Waals surface area contributed by atoms with E-state index >= 15 is 0 Å². The topological polar surface area (TPSA) is 66.3 Å². The molecule has 1 aromatic rings. The van der Waals surface area contributed by atoms with Crippen molar-refractivity contribution in [1.29, 1.82) is 0 Å². The van der Waals surface area contributed by atoms with Crippen LogP contribution in [-0.4, -0.2) is 34.1 Å². The summed E-state index contributed by atoms with van der Waals surface area (Å²) in [6.45, 7) is 3.72. The largest absolute Gasteiger partial charge is 0.478 e. The van der Waals surface area contributed by atoms with Crippen molar-refractivity contribution in [3.63, 3.8) is 0 Å². The molecule has 1 saturated carbocycles. The van der Waals surface area contributed by atoms with E-state index in [1.165, 1.54) is 51.1 Å². The first kappa shape index (κ1) is 14.3. The normalized spacial score (nSPS) is 21.5. The second-order valence-corrected chi connectivity index (χ2v) is 6.52. The van der Waals surface area contributed by atoms with Crippen molar-refractivity contribution >= 4 is 11.9 Å². The molecule has 0 bridgehead atoms. The first-order valence-corrected chi connectivity index (χ1v) is 7.92. The SMILES string of the molecule is Cc1nc(N2CCC3(CCCCC3)CC2)ncc1C(=O)O. The maximum Gasteiger partial charge on any atom is 0.339 e. The van der Waals surface area contributed by atoms with Crippen LogP contribution < -0.4 is 4.90 Å². The minimum Gasteiger partial charge on any atom is -0.478 e. The number of aromatic carboxylic acids is 1. The van der Waals surface area contributed by atoms with E-state index in [4.69, 9.17) is 5.11 Å². The van der Waals surface area contributed by atoms with Gasteiger partial charge in [0, 0.05) is 19.3 Å². The third kappa shape index (κ3) is 2.87. The number of anilines is 1. The Hall–Kier alpha value is -1.65. The lowest BCUT2D eigenvalue weighted by molar-refractivity contribution is 0.0695. The van der Waals surface area contributed by atoms with Crippen molar-refractivity contribution in [2.75, 3.05) is 18.0 Å². The Morgan fingerprint density at radius 1 is 1.19 bits per heavy atom. The fourth-order valence-corrected chi connectivity index (χ4v) is 3.80. The third-order valence-electron chi connectivity index (χ3n) is 5.22. The first-order chi connectivity index (χ1) is 10.1. The molecule has 5 nitrogen and oxygen atoms in total. The maximum atomic E-state index is 11.0. The predicted molar refractivity (Wildman–Crippen MR) is 80.7 cm³/mol. The molecule has 5 heteroatoms. The molecule has 1 aromatic heterocycles. The number of carboxylic acid groups (broad SMARTS) is 1. The van der Waals surface area contributed by atoms with Crippen LogP contribution in [0.15, 0.2) is 6.20 Å². The molecule has 1 saturated heterocycles. The summed E-state index contributed by atoms with van der Waals surface area (Å²) in [6.07, 6.45) is 10.8. The number of nitrogens with zero attached hydrogens (tertiary/aromatic N) is 3. The van der Waals surface area contributed by atoms with E-state index in [-0.39, 0.29) is 5.56 Å². The summed E-state index contributed by atoms with van der Waals surface area (Å²) in [5.41, 5.74) is 1.30. The zero-order valence-electron chi connectivity index (χ0n) is 12.6. The van der Waals surface area contributed by atoms with Crippen LogP contribution in [0, 0.1) is 12.3 Å². The molecule has 0 radical (unpaired) electrons. The highest BCUT2D eigenvalue weighted by Crippen LogP contribution is 2.44. The zero-order valence-corrected chi connectivity index (χ0v) is 12.6. The standard InChI is InChI=1S/C16H23N3O2/c1-12-13(14(20)21)11-17-15(18-12)19-9-7-16(8-10-19)5-3-2-4-6-16/h11H,2-10H2,1H3,(H,20,21). The Labute approximate surface area is 125 Å². The molecule has 0 atom stereocenters. The van der Waals surface area contributed by atoms with Gasteiger partial charge in [-0.2, -0.15) is 0 Å². The van der Waals surface area contributed by atoms with Crippen LogP contribution in [-0.2, 0) is 0 Å². The fraction of sp³-hybridized carbons (Fsp3) is 0.688. The van der Waals surface area contributed by atoms with Gasteiger partial charge in [0.25, 0.3) is 0 Å². The van der Waals surface area contributed by atoms with Gasteiger partial charge >= 0.3 is 5.97 Å². The minimum absolute atomic E-state index is 0.194. The van der Waals surface area contributed by atoms with Crippen LogP contribution in [0.3, 0.4) is 0 Å². The van der Waals surface area contributed by atoms with Crippen LogP contribution in [0.5, 0.6) is 0 Å². The van der Waals surface area contributed by atoms with Gasteiger partial charge in [-0.1, -0.05) is 19.3 Å². The number of carboxylic acids is 1. The third-order valence-corrected chi connectivity index (χ3v) is 5.22. The van der Waals surface area contributed by atoms with E-state index in [1.807, 2.05) is 0 Å². The van der Waals surface area contributed by atoms with E-state index < -0.39 is 5.97 Å². The molecular formula is C16H23N3O2. The molecule has 21 heavy (non-hydrogen) atoms. The van der Waals surface area contributed by atoms with Crippen molar-refractivity contribution < 1.29 is 9.90 Å². The molecular weight excluding hydrogens is 266 g/mol. The summed E-state index contributed by atoms with van der Waals surface area (Å²) in [7, 11) is 0. The molecule has 1 spiro atoms. The second kappa shape index (κ2) is 5.62. The number of carbonyl (C=O) groups is 1. The van der Waals surface area contributed by atoms with Crippen molar-refractivity contribution in [3.05, 3.63) is 17.5 Å². The number of aryl methyl sites for hydroxylation is 1. The van der Waals surface area contributed by atoms with Crippen LogP contribution >= 0.6 is 0 Å². The number of piperidine rings is 1. The van der Waals surface area contributed by atoms with Crippen molar-refractivity contribution in [1.82, 2.24) is 9.97 Å². The van der Waals surface area contributed by atoms with Crippen LogP contribution in [0.1, 0.15) is 61.0 Å². The lowest BCUT2D eigenvalue weighted by Crippen LogP contribution is -2.41. The molecule has 0 amide bonds. The maximum absolute atomic E-state index is 11.0. The Morgan fingerprint density at radius 2 is 1.86 bits per heavy atom. The fourth-order valence-electron chi connectivity index (χ4n) is 3.80. The zero-order chi connectivity index (χ0) is 14.9. The van der Waals surface area contributed by atoms with Gasteiger partial charge in [0.15, 0.2) is 0 Å². The number of aromatic nitrogens is 2. The van der Waals surface area contributed by atoms with E-state index in [2.05, 4.69) is 14.9 Å². The van der Waals surface area contributed by atoms with Gasteiger partial charge in [-0.25, -0.2) is 14.8 Å². The highest BCUT2D eigenvalue weighted by atomic mass is 16.4. The molecule has 2 heterocycles. The van der Waals surface area contributed by atoms with Gasteiger partial charge in [-0.3, -0.25) is 0 Å². The highest BCUT2D eigenvalue weighted by Gasteiger charge is 2.36. The summed E-state index contributed by atoms with van der Waals surface area (Å²) < 4.78 is 0. The van der Waals surface area contributed by atoms with Gasteiger partial charge in [0.1, 0.15) is 0 Å². The van der Waals surface area contributed by atoms with Gasteiger partial charge in [-0.15, -0.1) is 0 Å². The number of hydrogen-bond donors (Lipinski definition) is 1. The molecule has 114 valence electrons. The summed E-state index contributed by atoms with van der Waals surface area (Å²) in [5, 5.41) is 9.04. The van der Waals surface area contributed by atoms with Crippen molar-refractivity contribution in [2.24, 2.45) is 5.41 Å². The highest BCUT2D eigenvalue weighted by molar-refractivity contribution is 5.88. The van der Waals surface area contributed by atoms with E-state index in [0.717, 1.165) is 13.1 Å². The summed E-state index contributed by atoms with van der Waals surface area (Å²) in [6, 6.07) is 0. The van der Waals surface area contributed by atoms with E-state index in [9.17, 15) is 4.79 Å². The lowest BCUT2D eigenvalue weighted by atomic mass is 9.68. The lowest BCUT2D eigenvalue weighted by Gasteiger charge is -2.44. The Kier molecular flexibility index (Phi) is 3.83. The molecule has 2 aliphatic rings. The molecule has 0 aromatic carbocycles. The smallest absolute Gasteiger partial charge is 0.339 e. The quantitative estimate of drug-likeness (QED) is 0.906. The minimum atomic E-state index is -0.959. The summed E-state index contributed by atoms with van der Waals surface area (Å²) in [5.74, 6) is -0.276. The molecule has 1 aliphatic heterocycles. The van der Waals surface area contributed by atoms with Gasteiger partial charge in [0.2, 0.25) is 5.95 Å². The molecule has 0 unspecified atom stereocenters. The first-order valence-electron chi connectivity index (χ1n) is 7.92. The summed E-state index contributed by atoms with van der Waals surface area (Å²) >= 11 is 0.